The van der Waals surface area contributed by atoms with E-state index in [4.69, 9.17) is 4.74 Å². The number of hydrogen-bond acceptors (Lipinski definition) is 6. The summed E-state index contributed by atoms with van der Waals surface area (Å²) in [4.78, 5) is 32.7. The number of aromatic nitrogens is 4. The van der Waals surface area contributed by atoms with Gasteiger partial charge >= 0.3 is 5.97 Å². The third-order valence-corrected chi connectivity index (χ3v) is 2.67. The van der Waals surface area contributed by atoms with Crippen LogP contribution in [-0.4, -0.2) is 56.7 Å². The van der Waals surface area contributed by atoms with Crippen LogP contribution in [0.25, 0.3) is 5.82 Å². The van der Waals surface area contributed by atoms with Gasteiger partial charge in [0, 0.05) is 13.2 Å². The molecular weight excluding hydrogens is 274 g/mol. The van der Waals surface area contributed by atoms with E-state index in [0.29, 0.717) is 11.4 Å². The van der Waals surface area contributed by atoms with Gasteiger partial charge in [0.25, 0.3) is 5.91 Å². The third-order valence-electron chi connectivity index (χ3n) is 2.67. The number of amides is 1. The highest BCUT2D eigenvalue weighted by molar-refractivity contribution is 5.95. The quantitative estimate of drug-likeness (QED) is 0.735. The van der Waals surface area contributed by atoms with Crippen molar-refractivity contribution in [1.82, 2.24) is 24.6 Å². The van der Waals surface area contributed by atoms with Gasteiger partial charge in [-0.05, 0) is 19.1 Å². The van der Waals surface area contributed by atoms with Crippen LogP contribution in [0.2, 0.25) is 0 Å². The summed E-state index contributed by atoms with van der Waals surface area (Å²) >= 11 is 0. The van der Waals surface area contributed by atoms with E-state index in [0.717, 1.165) is 0 Å². The Labute approximate surface area is 121 Å². The van der Waals surface area contributed by atoms with Crippen LogP contribution in [0.3, 0.4) is 0 Å². The number of carbonyl (C=O) groups excluding carboxylic acids is 2. The van der Waals surface area contributed by atoms with Crippen molar-refractivity contribution >= 4 is 11.9 Å². The molecule has 8 nitrogen and oxygen atoms in total. The van der Waals surface area contributed by atoms with Gasteiger partial charge in [0.15, 0.2) is 5.82 Å². The van der Waals surface area contributed by atoms with Crippen LogP contribution in [0.4, 0.5) is 0 Å². The fourth-order valence-electron chi connectivity index (χ4n) is 1.67. The zero-order valence-corrected chi connectivity index (χ0v) is 11.8. The molecule has 0 saturated heterocycles. The first kappa shape index (κ1) is 14.6. The zero-order valence-electron chi connectivity index (χ0n) is 11.8. The van der Waals surface area contributed by atoms with E-state index < -0.39 is 5.97 Å². The predicted molar refractivity (Wildman–Crippen MR) is 72.7 cm³/mol. The Bertz CT molecular complexity index is 609. The molecule has 1 amide bonds. The topological polar surface area (TPSA) is 90.2 Å². The van der Waals surface area contributed by atoms with E-state index in [1.807, 2.05) is 0 Å². The van der Waals surface area contributed by atoms with Gasteiger partial charge in [-0.25, -0.2) is 14.6 Å². The molecule has 0 aliphatic carbocycles. The number of nitrogens with zero attached hydrogens (tertiary/aromatic N) is 5. The normalized spacial score (nSPS) is 10.2. The maximum absolute atomic E-state index is 12.1. The minimum atomic E-state index is -0.444. The Balaban J connectivity index is 2.04. The van der Waals surface area contributed by atoms with Crippen LogP contribution >= 0.6 is 0 Å². The van der Waals surface area contributed by atoms with Crippen molar-refractivity contribution in [3.05, 3.63) is 36.5 Å². The fraction of sp³-hybridized carbons (Fsp3) is 0.308. The summed E-state index contributed by atoms with van der Waals surface area (Å²) in [7, 11) is 1.53. The van der Waals surface area contributed by atoms with Crippen molar-refractivity contribution in [2.45, 2.75) is 6.92 Å². The number of rotatable bonds is 5. The smallest absolute Gasteiger partial charge is 0.325 e. The summed E-state index contributed by atoms with van der Waals surface area (Å²) in [5.41, 5.74) is 0.380. The second-order valence-electron chi connectivity index (χ2n) is 4.21. The number of hydrogen-bond donors (Lipinski definition) is 0. The molecule has 110 valence electrons. The van der Waals surface area contributed by atoms with Gasteiger partial charge in [-0.2, -0.15) is 5.10 Å². The van der Waals surface area contributed by atoms with Crippen LogP contribution in [-0.2, 0) is 9.53 Å². The molecule has 2 rings (SSSR count). The summed E-state index contributed by atoms with van der Waals surface area (Å²) in [6.45, 7) is 1.90. The van der Waals surface area contributed by atoms with Crippen molar-refractivity contribution in [2.24, 2.45) is 0 Å². The molecule has 2 aromatic heterocycles. The third kappa shape index (κ3) is 3.62. The predicted octanol–water partition coefficient (Wildman–Crippen LogP) is 0.297. The Hall–Kier alpha value is -2.77. The molecule has 0 unspecified atom stereocenters. The Morgan fingerprint density at radius 1 is 1.38 bits per heavy atom. The first-order chi connectivity index (χ1) is 10.1. The highest BCUT2D eigenvalue weighted by atomic mass is 16.5. The van der Waals surface area contributed by atoms with Crippen LogP contribution in [0.5, 0.6) is 0 Å². The molecule has 0 N–H and O–H groups in total. The van der Waals surface area contributed by atoms with Gasteiger partial charge in [-0.3, -0.25) is 9.59 Å². The van der Waals surface area contributed by atoms with Gasteiger partial charge in [0.1, 0.15) is 19.2 Å². The molecule has 0 aliphatic heterocycles. The van der Waals surface area contributed by atoms with Crippen LogP contribution < -0.4 is 0 Å². The number of esters is 1. The van der Waals surface area contributed by atoms with E-state index in [1.54, 1.807) is 19.1 Å². The average molecular weight is 289 g/mol. The van der Waals surface area contributed by atoms with Gasteiger partial charge in [0.2, 0.25) is 0 Å². The number of pyridine rings is 1. The Morgan fingerprint density at radius 3 is 2.76 bits per heavy atom. The van der Waals surface area contributed by atoms with Crippen LogP contribution in [0.15, 0.2) is 31.0 Å². The molecule has 0 saturated carbocycles. The molecule has 0 aliphatic rings. The first-order valence-electron chi connectivity index (χ1n) is 6.34. The molecule has 2 aromatic rings. The van der Waals surface area contributed by atoms with E-state index in [-0.39, 0.29) is 19.1 Å². The highest BCUT2D eigenvalue weighted by Gasteiger charge is 2.16. The largest absolute Gasteiger partial charge is 0.465 e. The molecule has 2 heterocycles. The van der Waals surface area contributed by atoms with Crippen LogP contribution in [0, 0.1) is 0 Å². The lowest BCUT2D eigenvalue weighted by Crippen LogP contribution is -2.33. The Morgan fingerprint density at radius 2 is 2.19 bits per heavy atom. The minimum absolute atomic E-state index is 0.0997. The molecule has 0 fully saturated rings. The lowest BCUT2D eigenvalue weighted by atomic mass is 10.2. The minimum Gasteiger partial charge on any atom is -0.465 e. The number of likely N-dealkylation sites (N-methyl/N-ethyl adjacent to an activating group) is 1. The molecule has 0 atom stereocenters. The average Bonchev–Trinajstić information content (AvgIpc) is 3.01. The highest BCUT2D eigenvalue weighted by Crippen LogP contribution is 2.06. The molecule has 8 heteroatoms. The number of carbonyl (C=O) groups is 2. The maximum Gasteiger partial charge on any atom is 0.325 e. The van der Waals surface area contributed by atoms with E-state index in [1.165, 1.54) is 35.5 Å². The second-order valence-corrected chi connectivity index (χ2v) is 4.21. The summed E-state index contributed by atoms with van der Waals surface area (Å²) in [5.74, 6) is -0.196. The fourth-order valence-corrected chi connectivity index (χ4v) is 1.67. The van der Waals surface area contributed by atoms with Crippen molar-refractivity contribution in [2.75, 3.05) is 20.2 Å². The van der Waals surface area contributed by atoms with Crippen LogP contribution in [0.1, 0.15) is 17.3 Å². The second kappa shape index (κ2) is 6.60. The zero-order chi connectivity index (χ0) is 15.2. The first-order valence-corrected chi connectivity index (χ1v) is 6.34. The van der Waals surface area contributed by atoms with Crippen molar-refractivity contribution in [3.8, 4) is 5.82 Å². The lowest BCUT2D eigenvalue weighted by Gasteiger charge is -2.15. The summed E-state index contributed by atoms with van der Waals surface area (Å²) in [6, 6.07) is 3.27. The molecule has 0 bridgehead atoms. The molecular formula is C13H15N5O3. The maximum atomic E-state index is 12.1. The lowest BCUT2D eigenvalue weighted by molar-refractivity contribution is -0.143. The van der Waals surface area contributed by atoms with E-state index >= 15 is 0 Å². The molecule has 0 spiro atoms. The molecule has 0 radical (unpaired) electrons. The monoisotopic (exact) mass is 289 g/mol. The van der Waals surface area contributed by atoms with E-state index in [2.05, 4.69) is 15.1 Å². The summed E-state index contributed by atoms with van der Waals surface area (Å²) in [5, 5.41) is 3.94. The van der Waals surface area contributed by atoms with Crippen molar-refractivity contribution in [3.63, 3.8) is 0 Å². The summed E-state index contributed by atoms with van der Waals surface area (Å²) < 4.78 is 6.28. The standard InChI is InChI=1S/C13H15N5O3/c1-3-21-12(19)7-17(2)13(20)10-4-5-11(15-6-10)18-9-14-8-16-18/h4-6,8-9H,3,7H2,1-2H3. The SMILES string of the molecule is CCOC(=O)CN(C)C(=O)c1ccc(-n2cncn2)nc1. The Kier molecular flexibility index (Phi) is 4.60. The van der Waals surface area contributed by atoms with Crippen molar-refractivity contribution < 1.29 is 14.3 Å². The van der Waals surface area contributed by atoms with Gasteiger partial charge in [0.05, 0.1) is 12.2 Å². The van der Waals surface area contributed by atoms with E-state index in [9.17, 15) is 9.59 Å². The van der Waals surface area contributed by atoms with Gasteiger partial charge in [-0.1, -0.05) is 0 Å². The van der Waals surface area contributed by atoms with Gasteiger partial charge in [-0.15, -0.1) is 0 Å². The van der Waals surface area contributed by atoms with Gasteiger partial charge < -0.3 is 9.64 Å². The van der Waals surface area contributed by atoms with Crippen molar-refractivity contribution in [1.29, 1.82) is 0 Å². The summed E-state index contributed by atoms with van der Waals surface area (Å²) in [6.07, 6.45) is 4.34. The molecule has 21 heavy (non-hydrogen) atoms. The molecule has 0 aromatic carbocycles. The number of ether oxygens (including phenoxy) is 1.